The molecule has 24 heavy (non-hydrogen) atoms. The van der Waals surface area contributed by atoms with Gasteiger partial charge in [-0.05, 0) is 18.4 Å². The normalized spacial score (nSPS) is 10.6. The van der Waals surface area contributed by atoms with Crippen LogP contribution in [0.5, 0.6) is 0 Å². The van der Waals surface area contributed by atoms with E-state index in [-0.39, 0.29) is 0 Å². The van der Waals surface area contributed by atoms with Crippen molar-refractivity contribution in [2.24, 2.45) is 0 Å². The number of anilines is 1. The second kappa shape index (κ2) is 7.11. The van der Waals surface area contributed by atoms with E-state index in [1.54, 1.807) is 0 Å². The fourth-order valence-corrected chi connectivity index (χ4v) is 3.63. The number of hydrogen-bond acceptors (Lipinski definition) is 4. The van der Waals surface area contributed by atoms with Gasteiger partial charge < -0.3 is 5.32 Å². The molecule has 3 aromatic rings. The minimum Gasteiger partial charge on any atom is -0.311 e. The summed E-state index contributed by atoms with van der Waals surface area (Å²) >= 11 is 2.70. The average Bonchev–Trinajstić information content (AvgIpc) is 2.98. The SMILES string of the molecule is CSc1nc(-c2ccccc2)c(NC(=O)c2c(F)cccc2F)s1. The van der Waals surface area contributed by atoms with Crippen molar-refractivity contribution in [3.8, 4) is 11.3 Å². The molecule has 1 N–H and O–H groups in total. The topological polar surface area (TPSA) is 42.0 Å². The van der Waals surface area contributed by atoms with Gasteiger partial charge in [0.15, 0.2) is 4.34 Å². The summed E-state index contributed by atoms with van der Waals surface area (Å²) in [6.07, 6.45) is 1.87. The molecule has 0 fully saturated rings. The third-order valence-electron chi connectivity index (χ3n) is 3.25. The second-order valence-corrected chi connectivity index (χ2v) is 6.83. The Bertz CT molecular complexity index is 861. The third kappa shape index (κ3) is 3.32. The van der Waals surface area contributed by atoms with Crippen LogP contribution in [0.3, 0.4) is 0 Å². The molecule has 0 saturated carbocycles. The van der Waals surface area contributed by atoms with E-state index in [9.17, 15) is 13.6 Å². The van der Waals surface area contributed by atoms with Gasteiger partial charge in [-0.15, -0.1) is 0 Å². The van der Waals surface area contributed by atoms with Crippen LogP contribution in [0, 0.1) is 11.6 Å². The Balaban J connectivity index is 1.98. The summed E-state index contributed by atoms with van der Waals surface area (Å²) in [5.74, 6) is -2.63. The molecule has 0 aliphatic rings. The van der Waals surface area contributed by atoms with E-state index in [2.05, 4.69) is 10.3 Å². The molecular weight excluding hydrogens is 350 g/mol. The van der Waals surface area contributed by atoms with Gasteiger partial charge >= 0.3 is 0 Å². The third-order valence-corrected chi connectivity index (χ3v) is 5.20. The molecule has 0 spiro atoms. The molecule has 1 aromatic heterocycles. The minimum atomic E-state index is -0.900. The summed E-state index contributed by atoms with van der Waals surface area (Å²) in [6, 6.07) is 12.6. The van der Waals surface area contributed by atoms with E-state index < -0.39 is 23.1 Å². The number of nitrogens with one attached hydrogen (secondary N) is 1. The lowest BCUT2D eigenvalue weighted by atomic mass is 10.1. The van der Waals surface area contributed by atoms with E-state index in [4.69, 9.17) is 0 Å². The first-order chi connectivity index (χ1) is 11.6. The molecule has 0 unspecified atom stereocenters. The number of thiazole rings is 1. The zero-order chi connectivity index (χ0) is 17.1. The standard InChI is InChI=1S/C17H12F2N2OS2/c1-23-17-20-14(10-6-3-2-4-7-10)16(24-17)21-15(22)13-11(18)8-5-9-12(13)19/h2-9H,1H3,(H,21,22). The summed E-state index contributed by atoms with van der Waals surface area (Å²) in [4.78, 5) is 16.8. The minimum absolute atomic E-state index is 0.457. The number of carbonyl (C=O) groups is 1. The molecule has 0 aliphatic heterocycles. The van der Waals surface area contributed by atoms with Gasteiger partial charge in [0.05, 0.1) is 0 Å². The fourth-order valence-electron chi connectivity index (χ4n) is 2.14. The zero-order valence-corrected chi connectivity index (χ0v) is 14.2. The average molecular weight is 362 g/mol. The number of rotatable bonds is 4. The van der Waals surface area contributed by atoms with Gasteiger partial charge in [-0.2, -0.15) is 0 Å². The Labute approximate surface area is 145 Å². The molecule has 2 aromatic carbocycles. The molecule has 1 heterocycles. The van der Waals surface area contributed by atoms with Crippen molar-refractivity contribution in [3.05, 3.63) is 65.7 Å². The van der Waals surface area contributed by atoms with Gasteiger partial charge in [-0.1, -0.05) is 59.5 Å². The fraction of sp³-hybridized carbons (Fsp3) is 0.0588. The van der Waals surface area contributed by atoms with Crippen molar-refractivity contribution in [3.63, 3.8) is 0 Å². The van der Waals surface area contributed by atoms with Crippen molar-refractivity contribution in [1.29, 1.82) is 0 Å². The number of amides is 1. The quantitative estimate of drug-likeness (QED) is 0.660. The molecule has 0 radical (unpaired) electrons. The van der Waals surface area contributed by atoms with Crippen molar-refractivity contribution in [2.75, 3.05) is 11.6 Å². The summed E-state index contributed by atoms with van der Waals surface area (Å²) < 4.78 is 28.3. The lowest BCUT2D eigenvalue weighted by Gasteiger charge is -2.07. The molecule has 0 bridgehead atoms. The second-order valence-electron chi connectivity index (χ2n) is 4.78. The van der Waals surface area contributed by atoms with Crippen molar-refractivity contribution in [2.45, 2.75) is 4.34 Å². The smallest absolute Gasteiger partial charge is 0.262 e. The largest absolute Gasteiger partial charge is 0.311 e. The highest BCUT2D eigenvalue weighted by molar-refractivity contribution is 8.00. The number of thioether (sulfide) groups is 1. The van der Waals surface area contributed by atoms with Crippen LogP contribution in [0.1, 0.15) is 10.4 Å². The van der Waals surface area contributed by atoms with Crippen LogP contribution in [0.25, 0.3) is 11.3 Å². The van der Waals surface area contributed by atoms with Gasteiger partial charge in [0.1, 0.15) is 27.9 Å². The Morgan fingerprint density at radius 1 is 1.08 bits per heavy atom. The van der Waals surface area contributed by atoms with E-state index in [0.717, 1.165) is 22.0 Å². The molecule has 7 heteroatoms. The van der Waals surface area contributed by atoms with Gasteiger partial charge in [-0.3, -0.25) is 4.79 Å². The lowest BCUT2D eigenvalue weighted by Crippen LogP contribution is -2.15. The number of benzene rings is 2. The lowest BCUT2D eigenvalue weighted by molar-refractivity contribution is 0.101. The highest BCUT2D eigenvalue weighted by Gasteiger charge is 2.21. The maximum Gasteiger partial charge on any atom is 0.262 e. The van der Waals surface area contributed by atoms with E-state index in [0.29, 0.717) is 10.7 Å². The summed E-state index contributed by atoms with van der Waals surface area (Å²) in [5.41, 5.74) is 0.795. The van der Waals surface area contributed by atoms with Crippen LogP contribution >= 0.6 is 23.1 Å². The van der Waals surface area contributed by atoms with E-state index in [1.165, 1.54) is 29.2 Å². The maximum absolute atomic E-state index is 13.8. The van der Waals surface area contributed by atoms with Gasteiger partial charge in [0, 0.05) is 5.56 Å². The Kier molecular flexibility index (Phi) is 4.92. The number of hydrogen-bond donors (Lipinski definition) is 1. The van der Waals surface area contributed by atoms with Gasteiger partial charge in [-0.25, -0.2) is 13.8 Å². The first-order valence-electron chi connectivity index (χ1n) is 6.95. The molecule has 0 aliphatic carbocycles. The van der Waals surface area contributed by atoms with Crippen LogP contribution in [-0.4, -0.2) is 17.1 Å². The highest BCUT2D eigenvalue weighted by atomic mass is 32.2. The van der Waals surface area contributed by atoms with Crippen molar-refractivity contribution >= 4 is 34.0 Å². The zero-order valence-electron chi connectivity index (χ0n) is 12.5. The Hall–Kier alpha value is -2.25. The Morgan fingerprint density at radius 2 is 1.75 bits per heavy atom. The summed E-state index contributed by atoms with van der Waals surface area (Å²) in [6.45, 7) is 0. The number of nitrogens with zero attached hydrogens (tertiary/aromatic N) is 1. The van der Waals surface area contributed by atoms with Crippen LogP contribution < -0.4 is 5.32 Å². The van der Waals surface area contributed by atoms with Gasteiger partial charge in [0.25, 0.3) is 5.91 Å². The van der Waals surface area contributed by atoms with Crippen LogP contribution in [0.4, 0.5) is 13.8 Å². The maximum atomic E-state index is 13.8. The van der Waals surface area contributed by atoms with Gasteiger partial charge in [0.2, 0.25) is 0 Å². The molecule has 1 amide bonds. The predicted octanol–water partition coefficient (Wildman–Crippen LogP) is 5.06. The van der Waals surface area contributed by atoms with Crippen LogP contribution in [0.2, 0.25) is 0 Å². The summed E-state index contributed by atoms with van der Waals surface area (Å²) in [7, 11) is 0. The summed E-state index contributed by atoms with van der Waals surface area (Å²) in [5, 5.41) is 3.04. The molecule has 122 valence electrons. The molecule has 0 saturated heterocycles. The Morgan fingerprint density at radius 3 is 2.38 bits per heavy atom. The van der Waals surface area contributed by atoms with Crippen molar-refractivity contribution < 1.29 is 13.6 Å². The number of halogens is 2. The molecular formula is C17H12F2N2OS2. The first kappa shape index (κ1) is 16.6. The first-order valence-corrected chi connectivity index (χ1v) is 9.00. The van der Waals surface area contributed by atoms with Crippen LogP contribution in [0.15, 0.2) is 52.9 Å². The molecule has 3 nitrogen and oxygen atoms in total. The van der Waals surface area contributed by atoms with E-state index in [1.807, 2.05) is 36.6 Å². The molecule has 0 atom stereocenters. The number of carbonyl (C=O) groups excluding carboxylic acids is 1. The van der Waals surface area contributed by atoms with Crippen molar-refractivity contribution in [1.82, 2.24) is 4.98 Å². The monoisotopic (exact) mass is 362 g/mol. The van der Waals surface area contributed by atoms with E-state index >= 15 is 0 Å². The molecule has 3 rings (SSSR count). The predicted molar refractivity (Wildman–Crippen MR) is 93.6 cm³/mol. The number of aromatic nitrogens is 1. The van der Waals surface area contributed by atoms with Crippen LogP contribution in [-0.2, 0) is 0 Å². The highest BCUT2D eigenvalue weighted by Crippen LogP contribution is 2.37.